The summed E-state index contributed by atoms with van der Waals surface area (Å²) in [5.41, 5.74) is 6.30. The lowest BCUT2D eigenvalue weighted by atomic mass is 9.96. The molecule has 1 heterocycles. The molecule has 4 aromatic rings. The second-order valence-electron chi connectivity index (χ2n) is 10.3. The lowest BCUT2D eigenvalue weighted by molar-refractivity contribution is -0.0862. The molecule has 4 atom stereocenters. The van der Waals surface area contributed by atoms with Gasteiger partial charge in [0, 0.05) is 5.56 Å². The molecule has 202 valence electrons. The van der Waals surface area contributed by atoms with Gasteiger partial charge >= 0.3 is 0 Å². The Balaban J connectivity index is 1.42. The van der Waals surface area contributed by atoms with E-state index in [-0.39, 0.29) is 30.0 Å². The minimum absolute atomic E-state index is 0.135. The highest BCUT2D eigenvalue weighted by atomic mass is 16.5. The summed E-state index contributed by atoms with van der Waals surface area (Å²) in [5, 5.41) is 14.7. The summed E-state index contributed by atoms with van der Waals surface area (Å²) in [5.74, 6) is 0.261. The molecule has 0 radical (unpaired) electrons. The average Bonchev–Trinajstić information content (AvgIpc) is 3.31. The van der Waals surface area contributed by atoms with Gasteiger partial charge in [-0.1, -0.05) is 97.1 Å². The van der Waals surface area contributed by atoms with E-state index in [1.807, 2.05) is 67.6 Å². The molecular weight excluding hydrogens is 486 g/mol. The maximum atomic E-state index is 11.0. The first-order chi connectivity index (χ1) is 19.1. The number of aromatic hydroxyl groups is 1. The Morgan fingerprint density at radius 1 is 0.641 bits per heavy atom. The van der Waals surface area contributed by atoms with Crippen molar-refractivity contribution in [2.24, 2.45) is 0 Å². The molecule has 1 aliphatic heterocycles. The third kappa shape index (κ3) is 6.94. The third-order valence-corrected chi connectivity index (χ3v) is 7.40. The molecule has 0 saturated carbocycles. The number of nitrogens with one attached hydrogen (secondary N) is 1. The Hall–Kier alpha value is -3.48. The van der Waals surface area contributed by atoms with Gasteiger partial charge in [-0.15, -0.1) is 0 Å². The molecule has 39 heavy (non-hydrogen) atoms. The van der Waals surface area contributed by atoms with Crippen LogP contribution in [-0.4, -0.2) is 30.0 Å². The van der Waals surface area contributed by atoms with Gasteiger partial charge in [0.15, 0.2) is 0 Å². The van der Waals surface area contributed by atoms with E-state index in [9.17, 15) is 5.11 Å². The van der Waals surface area contributed by atoms with Gasteiger partial charge in [0.05, 0.1) is 38.5 Å². The summed E-state index contributed by atoms with van der Waals surface area (Å²) >= 11 is 0. The van der Waals surface area contributed by atoms with Gasteiger partial charge in [-0.2, -0.15) is 0 Å². The van der Waals surface area contributed by atoms with E-state index in [1.165, 1.54) is 0 Å². The van der Waals surface area contributed by atoms with Crippen LogP contribution in [-0.2, 0) is 34.0 Å². The molecule has 5 nitrogen and oxygen atoms in total. The minimum Gasteiger partial charge on any atom is -0.508 e. The Labute approximate surface area is 231 Å². The van der Waals surface area contributed by atoms with Gasteiger partial charge in [0.1, 0.15) is 18.0 Å². The van der Waals surface area contributed by atoms with Crippen molar-refractivity contribution in [2.75, 3.05) is 6.61 Å². The standard InChI is InChI=1S/C34H37NO4/c1-24-18-29(31(36)19-25(24)2)32-34(39-22-28-16-10-5-11-17-28)33(38-21-27-14-8-4-9-15-27)30(35-32)23-37-20-26-12-6-3-7-13-26/h3-19,30,32-36H,20-23H2,1-2H3/t30-,32+,33+,34+/m0/s1. The Morgan fingerprint density at radius 2 is 1.13 bits per heavy atom. The van der Waals surface area contributed by atoms with Crippen LogP contribution in [0, 0.1) is 13.8 Å². The van der Waals surface area contributed by atoms with E-state index >= 15 is 0 Å². The quantitative estimate of drug-likeness (QED) is 0.238. The zero-order chi connectivity index (χ0) is 27.0. The molecule has 0 unspecified atom stereocenters. The van der Waals surface area contributed by atoms with Gasteiger partial charge in [-0.3, -0.25) is 0 Å². The zero-order valence-electron chi connectivity index (χ0n) is 22.6. The zero-order valence-corrected chi connectivity index (χ0v) is 22.6. The number of rotatable bonds is 11. The minimum atomic E-state index is -0.341. The first-order valence-corrected chi connectivity index (χ1v) is 13.6. The Kier molecular flexibility index (Phi) is 9.07. The van der Waals surface area contributed by atoms with Crippen molar-refractivity contribution in [1.82, 2.24) is 5.32 Å². The molecule has 5 rings (SSSR count). The highest BCUT2D eigenvalue weighted by Gasteiger charge is 2.46. The van der Waals surface area contributed by atoms with Crippen LogP contribution in [0.4, 0.5) is 0 Å². The SMILES string of the molecule is Cc1cc(O)c([C@H]2N[C@@H](COCc3ccccc3)[C@@H](OCc3ccccc3)[C@@H]2OCc2ccccc2)cc1C. The highest BCUT2D eigenvalue weighted by molar-refractivity contribution is 5.44. The lowest BCUT2D eigenvalue weighted by Crippen LogP contribution is -2.39. The smallest absolute Gasteiger partial charge is 0.120 e. The van der Waals surface area contributed by atoms with Crippen molar-refractivity contribution >= 4 is 0 Å². The van der Waals surface area contributed by atoms with Crippen molar-refractivity contribution in [3.63, 3.8) is 0 Å². The van der Waals surface area contributed by atoms with E-state index in [0.29, 0.717) is 26.4 Å². The van der Waals surface area contributed by atoms with Gasteiger partial charge < -0.3 is 24.6 Å². The fourth-order valence-corrected chi connectivity index (χ4v) is 5.13. The van der Waals surface area contributed by atoms with Crippen molar-refractivity contribution in [3.05, 3.63) is 137 Å². The first kappa shape index (κ1) is 27.1. The fourth-order valence-electron chi connectivity index (χ4n) is 5.13. The predicted molar refractivity (Wildman–Crippen MR) is 153 cm³/mol. The van der Waals surface area contributed by atoms with Crippen LogP contribution in [0.5, 0.6) is 5.75 Å². The number of hydrogen-bond donors (Lipinski definition) is 2. The van der Waals surface area contributed by atoms with Crippen molar-refractivity contribution < 1.29 is 19.3 Å². The van der Waals surface area contributed by atoms with Crippen LogP contribution in [0.1, 0.15) is 39.4 Å². The fraction of sp³-hybridized carbons (Fsp3) is 0.294. The Morgan fingerprint density at radius 3 is 1.69 bits per heavy atom. The topological polar surface area (TPSA) is 60.0 Å². The average molecular weight is 524 g/mol. The molecule has 0 amide bonds. The molecule has 0 spiro atoms. The van der Waals surface area contributed by atoms with E-state index in [4.69, 9.17) is 14.2 Å². The molecule has 1 saturated heterocycles. The molecule has 1 fully saturated rings. The van der Waals surface area contributed by atoms with E-state index in [2.05, 4.69) is 54.7 Å². The predicted octanol–water partition coefficient (Wildman–Crippen LogP) is 6.41. The molecular formula is C34H37NO4. The van der Waals surface area contributed by atoms with Gasteiger partial charge in [0.2, 0.25) is 0 Å². The van der Waals surface area contributed by atoms with Crippen LogP contribution < -0.4 is 5.32 Å². The molecule has 0 bridgehead atoms. The lowest BCUT2D eigenvalue weighted by Gasteiger charge is -2.27. The molecule has 4 aromatic carbocycles. The Bertz CT molecular complexity index is 1310. The summed E-state index contributed by atoms with van der Waals surface area (Å²) in [4.78, 5) is 0. The van der Waals surface area contributed by atoms with Crippen LogP contribution in [0.15, 0.2) is 103 Å². The van der Waals surface area contributed by atoms with Gasteiger partial charge in [0.25, 0.3) is 0 Å². The van der Waals surface area contributed by atoms with Crippen LogP contribution in [0.25, 0.3) is 0 Å². The molecule has 0 aliphatic carbocycles. The first-order valence-electron chi connectivity index (χ1n) is 13.6. The highest BCUT2D eigenvalue weighted by Crippen LogP contribution is 2.38. The maximum absolute atomic E-state index is 11.0. The van der Waals surface area contributed by atoms with E-state index in [0.717, 1.165) is 33.4 Å². The maximum Gasteiger partial charge on any atom is 0.120 e. The van der Waals surface area contributed by atoms with Crippen LogP contribution in [0.2, 0.25) is 0 Å². The van der Waals surface area contributed by atoms with Crippen molar-refractivity contribution in [2.45, 2.75) is 58.0 Å². The number of ether oxygens (including phenoxy) is 3. The second-order valence-corrected chi connectivity index (χ2v) is 10.3. The second kappa shape index (κ2) is 13.0. The summed E-state index contributed by atoms with van der Waals surface area (Å²) in [6.07, 6.45) is -0.636. The number of phenolic OH excluding ortho intramolecular Hbond substituents is 1. The normalized spacial score (nSPS) is 20.8. The summed E-state index contributed by atoms with van der Waals surface area (Å²) in [6, 6.07) is 34.0. The molecule has 1 aliphatic rings. The number of phenols is 1. The van der Waals surface area contributed by atoms with Crippen LogP contribution >= 0.6 is 0 Å². The van der Waals surface area contributed by atoms with E-state index < -0.39 is 0 Å². The van der Waals surface area contributed by atoms with Gasteiger partial charge in [-0.25, -0.2) is 0 Å². The monoisotopic (exact) mass is 523 g/mol. The summed E-state index contributed by atoms with van der Waals surface area (Å²) in [6.45, 7) is 5.94. The van der Waals surface area contributed by atoms with Crippen molar-refractivity contribution in [3.8, 4) is 5.75 Å². The third-order valence-electron chi connectivity index (χ3n) is 7.40. The molecule has 2 N–H and O–H groups in total. The van der Waals surface area contributed by atoms with Crippen molar-refractivity contribution in [1.29, 1.82) is 0 Å². The van der Waals surface area contributed by atoms with E-state index in [1.54, 1.807) is 0 Å². The number of aryl methyl sites for hydroxylation is 2. The molecule has 5 heteroatoms. The van der Waals surface area contributed by atoms with Gasteiger partial charge in [-0.05, 0) is 47.7 Å². The largest absolute Gasteiger partial charge is 0.508 e. The number of hydrogen-bond acceptors (Lipinski definition) is 5. The molecule has 0 aromatic heterocycles. The van der Waals surface area contributed by atoms with Crippen LogP contribution in [0.3, 0.4) is 0 Å². The number of benzene rings is 4. The summed E-state index contributed by atoms with van der Waals surface area (Å²) < 4.78 is 19.4. The summed E-state index contributed by atoms with van der Waals surface area (Å²) in [7, 11) is 0.